The second kappa shape index (κ2) is 8.43. The molecule has 0 saturated heterocycles. The molecule has 3 rings (SSSR count). The number of nitrogens with zero attached hydrogens (tertiary/aromatic N) is 1. The first-order valence-electron chi connectivity index (χ1n) is 8.56. The van der Waals surface area contributed by atoms with Gasteiger partial charge < -0.3 is 0 Å². The van der Waals surface area contributed by atoms with E-state index in [1.807, 2.05) is 42.5 Å². The SMILES string of the molecule is Cc1cccc([C@@H](CC#N)NP(=S)(c2ccccc2)c2ccccc2)c1. The highest BCUT2D eigenvalue weighted by atomic mass is 32.4. The van der Waals surface area contributed by atoms with Crippen molar-refractivity contribution < 1.29 is 0 Å². The van der Waals surface area contributed by atoms with Gasteiger partial charge in [-0.2, -0.15) is 5.26 Å². The minimum atomic E-state index is -2.26. The van der Waals surface area contributed by atoms with Crippen LogP contribution >= 0.6 is 6.19 Å². The Labute approximate surface area is 160 Å². The van der Waals surface area contributed by atoms with Gasteiger partial charge >= 0.3 is 0 Å². The fourth-order valence-corrected chi connectivity index (χ4v) is 6.58. The second-order valence-corrected chi connectivity index (χ2v) is 10.4. The summed E-state index contributed by atoms with van der Waals surface area (Å²) in [6.07, 6.45) is -1.88. The molecule has 0 fully saturated rings. The van der Waals surface area contributed by atoms with Crippen molar-refractivity contribution in [3.05, 3.63) is 96.1 Å². The van der Waals surface area contributed by atoms with Crippen LogP contribution in [0.3, 0.4) is 0 Å². The maximum Gasteiger partial charge on any atom is 0.0689 e. The maximum absolute atomic E-state index is 9.39. The van der Waals surface area contributed by atoms with E-state index >= 15 is 0 Å². The molecule has 130 valence electrons. The van der Waals surface area contributed by atoms with Gasteiger partial charge in [-0.15, -0.1) is 0 Å². The molecule has 0 radical (unpaired) electrons. The molecule has 26 heavy (non-hydrogen) atoms. The number of nitriles is 1. The van der Waals surface area contributed by atoms with E-state index < -0.39 is 6.19 Å². The van der Waals surface area contributed by atoms with Gasteiger partial charge in [0.05, 0.1) is 18.7 Å². The van der Waals surface area contributed by atoms with E-state index in [0.29, 0.717) is 6.42 Å². The van der Waals surface area contributed by atoms with Crippen molar-refractivity contribution in [1.29, 1.82) is 5.26 Å². The Hall–Kier alpha value is -2.24. The molecule has 3 aromatic carbocycles. The minimum Gasteiger partial charge on any atom is -0.274 e. The first kappa shape index (κ1) is 18.5. The third-order valence-corrected chi connectivity index (χ3v) is 8.62. The van der Waals surface area contributed by atoms with Crippen molar-refractivity contribution in [1.82, 2.24) is 5.09 Å². The second-order valence-electron chi connectivity index (χ2n) is 6.24. The zero-order valence-electron chi connectivity index (χ0n) is 14.7. The molecule has 0 aliphatic carbocycles. The van der Waals surface area contributed by atoms with Crippen LogP contribution in [-0.4, -0.2) is 0 Å². The number of aryl methyl sites for hydroxylation is 1. The summed E-state index contributed by atoms with van der Waals surface area (Å²) in [7, 11) is 0. The zero-order valence-corrected chi connectivity index (χ0v) is 16.4. The average Bonchev–Trinajstić information content (AvgIpc) is 2.69. The van der Waals surface area contributed by atoms with Crippen LogP contribution in [0.5, 0.6) is 0 Å². The number of rotatable bonds is 6. The highest BCUT2D eigenvalue weighted by Gasteiger charge is 2.26. The van der Waals surface area contributed by atoms with Crippen LogP contribution in [0.1, 0.15) is 23.6 Å². The fraction of sp³-hybridized carbons (Fsp3) is 0.136. The van der Waals surface area contributed by atoms with E-state index in [0.717, 1.165) is 16.2 Å². The summed E-state index contributed by atoms with van der Waals surface area (Å²) >= 11 is 6.25. The van der Waals surface area contributed by atoms with Crippen LogP contribution < -0.4 is 15.7 Å². The van der Waals surface area contributed by atoms with Crippen LogP contribution in [0, 0.1) is 18.3 Å². The fourth-order valence-electron chi connectivity index (χ4n) is 3.01. The molecule has 0 spiro atoms. The molecule has 0 aromatic heterocycles. The largest absolute Gasteiger partial charge is 0.274 e. The Morgan fingerprint density at radius 2 is 1.50 bits per heavy atom. The summed E-state index contributed by atoms with van der Waals surface area (Å²) in [4.78, 5) is 0. The average molecular weight is 376 g/mol. The van der Waals surface area contributed by atoms with Crippen molar-refractivity contribution in [2.24, 2.45) is 0 Å². The van der Waals surface area contributed by atoms with Gasteiger partial charge in [0.1, 0.15) is 0 Å². The highest BCUT2D eigenvalue weighted by molar-refractivity contribution is 8.20. The van der Waals surface area contributed by atoms with Gasteiger partial charge in [0.15, 0.2) is 0 Å². The van der Waals surface area contributed by atoms with Crippen LogP contribution in [0.2, 0.25) is 0 Å². The van der Waals surface area contributed by atoms with Gasteiger partial charge in [-0.25, -0.2) is 0 Å². The van der Waals surface area contributed by atoms with Crippen LogP contribution in [0.4, 0.5) is 0 Å². The first-order chi connectivity index (χ1) is 12.6. The molecule has 2 nitrogen and oxygen atoms in total. The third-order valence-electron chi connectivity index (χ3n) is 4.32. The maximum atomic E-state index is 9.39. The van der Waals surface area contributed by atoms with Crippen LogP contribution in [0.15, 0.2) is 84.9 Å². The lowest BCUT2D eigenvalue weighted by Crippen LogP contribution is -2.30. The number of nitrogens with one attached hydrogen (secondary N) is 1. The van der Waals surface area contributed by atoms with Gasteiger partial charge in [-0.3, -0.25) is 5.09 Å². The van der Waals surface area contributed by atoms with E-state index in [9.17, 15) is 5.26 Å². The summed E-state index contributed by atoms with van der Waals surface area (Å²) in [5, 5.41) is 15.3. The van der Waals surface area contributed by atoms with E-state index in [2.05, 4.69) is 60.5 Å². The van der Waals surface area contributed by atoms with E-state index in [1.54, 1.807) is 0 Å². The Kier molecular flexibility index (Phi) is 6.01. The summed E-state index contributed by atoms with van der Waals surface area (Å²) in [5.74, 6) is 0. The molecule has 0 saturated carbocycles. The molecule has 0 bridgehead atoms. The predicted molar refractivity (Wildman–Crippen MR) is 114 cm³/mol. The number of hydrogen-bond donors (Lipinski definition) is 1. The monoisotopic (exact) mass is 376 g/mol. The molecular weight excluding hydrogens is 355 g/mol. The minimum absolute atomic E-state index is 0.105. The van der Waals surface area contributed by atoms with Crippen molar-refractivity contribution in [2.45, 2.75) is 19.4 Å². The van der Waals surface area contributed by atoms with Gasteiger partial charge in [0.25, 0.3) is 0 Å². The van der Waals surface area contributed by atoms with Gasteiger partial charge in [0, 0.05) is 16.7 Å². The molecular formula is C22H21N2PS. The molecule has 0 aliphatic heterocycles. The summed E-state index contributed by atoms with van der Waals surface area (Å²) in [6.45, 7) is 2.07. The lowest BCUT2D eigenvalue weighted by molar-refractivity contribution is 0.689. The van der Waals surface area contributed by atoms with Crippen molar-refractivity contribution in [3.63, 3.8) is 0 Å². The Morgan fingerprint density at radius 3 is 2.00 bits per heavy atom. The van der Waals surface area contributed by atoms with Crippen LogP contribution in [-0.2, 0) is 11.8 Å². The van der Waals surface area contributed by atoms with Crippen LogP contribution in [0.25, 0.3) is 0 Å². The van der Waals surface area contributed by atoms with Gasteiger partial charge in [-0.1, -0.05) is 102 Å². The number of hydrogen-bond acceptors (Lipinski definition) is 2. The Balaban J connectivity index is 2.07. The predicted octanol–water partition coefficient (Wildman–Crippen LogP) is 4.58. The van der Waals surface area contributed by atoms with Crippen molar-refractivity contribution in [3.8, 4) is 6.07 Å². The quantitative estimate of drug-likeness (QED) is 0.640. The van der Waals surface area contributed by atoms with Gasteiger partial charge in [0.2, 0.25) is 0 Å². The molecule has 1 atom stereocenters. The summed E-state index contributed by atoms with van der Waals surface area (Å²) < 4.78 is 0. The van der Waals surface area contributed by atoms with E-state index in [4.69, 9.17) is 11.8 Å². The molecule has 1 N–H and O–H groups in total. The lowest BCUT2D eigenvalue weighted by atomic mass is 10.0. The molecule has 0 aliphatic rings. The highest BCUT2D eigenvalue weighted by Crippen LogP contribution is 2.42. The van der Waals surface area contributed by atoms with Crippen molar-refractivity contribution >= 4 is 28.6 Å². The molecule has 0 unspecified atom stereocenters. The normalized spacial score (nSPS) is 12.3. The third kappa shape index (κ3) is 4.11. The topological polar surface area (TPSA) is 35.8 Å². The van der Waals surface area contributed by atoms with Crippen molar-refractivity contribution in [2.75, 3.05) is 0 Å². The lowest BCUT2D eigenvalue weighted by Gasteiger charge is -2.29. The molecule has 0 heterocycles. The Bertz CT molecular complexity index is 905. The number of benzene rings is 3. The summed E-state index contributed by atoms with van der Waals surface area (Å²) in [6, 6.07) is 30.9. The molecule has 4 heteroatoms. The molecule has 3 aromatic rings. The molecule has 0 amide bonds. The van der Waals surface area contributed by atoms with E-state index in [1.165, 1.54) is 5.56 Å². The smallest absolute Gasteiger partial charge is 0.0689 e. The first-order valence-corrected chi connectivity index (χ1v) is 11.4. The van der Waals surface area contributed by atoms with E-state index in [-0.39, 0.29) is 6.04 Å². The standard InChI is InChI=1S/C22H21N2PS/c1-18-9-8-10-19(17-18)22(15-16-23)24-25(26,20-11-4-2-5-12-20)21-13-6-3-7-14-21/h2-14,17,22H,15H2,1H3,(H,24,26)/t22-/m1/s1. The van der Waals surface area contributed by atoms with Gasteiger partial charge in [-0.05, 0) is 12.5 Å². The Morgan fingerprint density at radius 1 is 0.923 bits per heavy atom. The summed E-state index contributed by atoms with van der Waals surface area (Å²) in [5.41, 5.74) is 2.28. The zero-order chi connectivity index (χ0) is 18.4.